The predicted molar refractivity (Wildman–Crippen MR) is 229 cm³/mol. The van der Waals surface area contributed by atoms with Gasteiger partial charge in [0.15, 0.2) is 0 Å². The number of rotatable bonds is 18. The van der Waals surface area contributed by atoms with Gasteiger partial charge < -0.3 is 40.9 Å². The molecule has 0 unspecified atom stereocenters. The highest BCUT2D eigenvalue weighted by Crippen LogP contribution is 2.64. The van der Waals surface area contributed by atoms with Gasteiger partial charge in [-0.15, -0.1) is 0 Å². The Balaban J connectivity index is 1.63. The van der Waals surface area contributed by atoms with Crippen LogP contribution in [0.2, 0.25) is 0 Å². The van der Waals surface area contributed by atoms with Crippen LogP contribution in [0.15, 0.2) is 83.0 Å². The molecule has 1 aromatic carbocycles. The molecule has 10 nitrogen and oxygen atoms in total. The van der Waals surface area contributed by atoms with Crippen LogP contribution in [0.25, 0.3) is 0 Å². The van der Waals surface area contributed by atoms with Gasteiger partial charge in [-0.25, -0.2) is 0 Å². The van der Waals surface area contributed by atoms with Crippen LogP contribution in [0, 0.1) is 23.2 Å². The average Bonchev–Trinajstić information content (AvgIpc) is 3.55. The second-order valence-electron chi connectivity index (χ2n) is 17.1. The van der Waals surface area contributed by atoms with E-state index in [1.807, 2.05) is 46.2 Å². The quantitative estimate of drug-likeness (QED) is 0.0446. The summed E-state index contributed by atoms with van der Waals surface area (Å²) in [7, 11) is 5.51. The van der Waals surface area contributed by atoms with Crippen LogP contribution in [0.1, 0.15) is 89.2 Å². The maximum absolute atomic E-state index is 12.5. The number of methoxy groups -OCH3 is 1. The van der Waals surface area contributed by atoms with Gasteiger partial charge in [-0.2, -0.15) is 0 Å². The third-order valence-electron chi connectivity index (χ3n) is 13.7. The zero-order valence-electron chi connectivity index (χ0n) is 35.4. The molecule has 1 aliphatic heterocycles. The Bertz CT molecular complexity index is 1590. The second-order valence-corrected chi connectivity index (χ2v) is 17.1. The van der Waals surface area contributed by atoms with E-state index in [-0.39, 0.29) is 30.6 Å². The van der Waals surface area contributed by atoms with Gasteiger partial charge in [0.1, 0.15) is 12.5 Å². The number of carbonyl (C=O) groups is 1. The molecule has 10 heteroatoms. The lowest BCUT2D eigenvalue weighted by molar-refractivity contribution is -0.180. The van der Waals surface area contributed by atoms with Gasteiger partial charge in [-0.05, 0) is 158 Å². The van der Waals surface area contributed by atoms with E-state index in [2.05, 4.69) is 52.9 Å². The number of allylic oxidation sites excluding steroid dienone is 7. The minimum atomic E-state index is -1.19. The summed E-state index contributed by atoms with van der Waals surface area (Å²) in [5, 5.41) is 67.1. The minimum Gasteiger partial charge on any atom is -0.396 e. The zero-order valence-corrected chi connectivity index (χ0v) is 35.4. The molecule has 0 saturated heterocycles. The van der Waals surface area contributed by atoms with Crippen LogP contribution in [0.3, 0.4) is 0 Å². The van der Waals surface area contributed by atoms with Crippen LogP contribution in [-0.2, 0) is 22.4 Å². The molecule has 2 aliphatic carbocycles. The second kappa shape index (κ2) is 22.0. The first-order valence-corrected chi connectivity index (χ1v) is 21.2. The molecular formula is C47H73N3O7. The van der Waals surface area contributed by atoms with Gasteiger partial charge in [0.2, 0.25) is 0 Å². The van der Waals surface area contributed by atoms with Gasteiger partial charge >= 0.3 is 0 Å². The smallest absolute Gasteiger partial charge is 0.145 e. The molecule has 1 aromatic rings. The number of hydrogen-bond acceptors (Lipinski definition) is 10. The first-order valence-electron chi connectivity index (χ1n) is 21.2. The third kappa shape index (κ3) is 11.1. The van der Waals surface area contributed by atoms with E-state index < -0.39 is 29.3 Å². The number of aldehydes is 1. The first kappa shape index (κ1) is 46.9. The lowest BCUT2D eigenvalue weighted by atomic mass is 9.51. The highest BCUT2D eigenvalue weighted by molar-refractivity contribution is 5.74. The van der Waals surface area contributed by atoms with Gasteiger partial charge in [0.25, 0.3) is 0 Å². The molecule has 3 aliphatic rings. The summed E-state index contributed by atoms with van der Waals surface area (Å²) in [4.78, 5) is 12.1. The maximum Gasteiger partial charge on any atom is 0.145 e. The van der Waals surface area contributed by atoms with Crippen molar-refractivity contribution < 1.29 is 35.1 Å². The van der Waals surface area contributed by atoms with Crippen LogP contribution in [0.4, 0.5) is 0 Å². The molecule has 318 valence electrons. The van der Waals surface area contributed by atoms with Crippen molar-refractivity contribution in [1.82, 2.24) is 16.0 Å². The Morgan fingerprint density at radius 1 is 1.09 bits per heavy atom. The fraction of sp³-hybridized carbons (Fsp3) is 0.638. The number of aliphatic hydroxyl groups is 5. The summed E-state index contributed by atoms with van der Waals surface area (Å²) in [6.45, 7) is 9.96. The van der Waals surface area contributed by atoms with Crippen molar-refractivity contribution in [2.24, 2.45) is 23.2 Å². The third-order valence-corrected chi connectivity index (χ3v) is 13.7. The molecule has 0 amide bonds. The van der Waals surface area contributed by atoms with Crippen LogP contribution < -0.4 is 16.0 Å². The van der Waals surface area contributed by atoms with Crippen molar-refractivity contribution in [3.63, 3.8) is 0 Å². The number of fused-ring (bicyclic) bond motifs is 2. The summed E-state index contributed by atoms with van der Waals surface area (Å²) in [6, 6.07) is 8.70. The number of ether oxygens (including phenoxy) is 1. The number of hydrogen-bond donors (Lipinski definition) is 8. The summed E-state index contributed by atoms with van der Waals surface area (Å²) in [5.41, 5.74) is 3.98. The lowest BCUT2D eigenvalue weighted by Crippen LogP contribution is -2.61. The Labute approximate surface area is 342 Å². The van der Waals surface area contributed by atoms with E-state index in [0.29, 0.717) is 75.7 Å². The van der Waals surface area contributed by atoms with Crippen LogP contribution >= 0.6 is 0 Å². The molecule has 2 bridgehead atoms. The molecule has 8 N–H and O–H groups in total. The van der Waals surface area contributed by atoms with Crippen molar-refractivity contribution >= 4 is 6.29 Å². The molecule has 1 heterocycles. The molecule has 2 saturated carbocycles. The number of benzene rings is 1. The fourth-order valence-corrected chi connectivity index (χ4v) is 10.3. The van der Waals surface area contributed by atoms with Gasteiger partial charge in [-0.1, -0.05) is 66.3 Å². The molecule has 57 heavy (non-hydrogen) atoms. The van der Waals surface area contributed by atoms with E-state index >= 15 is 0 Å². The fourth-order valence-electron chi connectivity index (χ4n) is 10.3. The Morgan fingerprint density at radius 3 is 2.51 bits per heavy atom. The van der Waals surface area contributed by atoms with Crippen molar-refractivity contribution in [1.29, 1.82) is 0 Å². The van der Waals surface area contributed by atoms with Crippen molar-refractivity contribution in [2.45, 2.75) is 114 Å². The summed E-state index contributed by atoms with van der Waals surface area (Å²) in [5.74, 6) is -0.620. The Hall–Kier alpha value is -2.77. The highest BCUT2D eigenvalue weighted by atomic mass is 16.5. The maximum atomic E-state index is 12.5. The summed E-state index contributed by atoms with van der Waals surface area (Å²) < 4.78 is 5.51. The topological polar surface area (TPSA) is 164 Å². The molecule has 0 aromatic heterocycles. The molecule has 8 atom stereocenters. The lowest BCUT2D eigenvalue weighted by Gasteiger charge is -2.57. The molecule has 1 spiro atoms. The van der Waals surface area contributed by atoms with Crippen molar-refractivity contribution in [3.05, 3.63) is 94.1 Å². The van der Waals surface area contributed by atoms with Gasteiger partial charge in [-0.3, -0.25) is 10.1 Å². The Kier molecular flexibility index (Phi) is 18.1. The standard InChI is InChI=1S/C47H73N3O7/c1-33(38-16-15-34(2)44(55)50-45(21-24-48-4,23-27-57-6)30-37-12-8-11-36(28-37)29-38)10-7-13-39(32-53)41-18-20-47(43(41)54)42(14-9-26-51)40(35(3)31-52)17-19-46(47,56)22-25-49-5/h7-8,10-13,15,28,31,38,41-44,48-51,53-56H,1,9,14,16-27,29-30,32H2,2-6H3/b10-7+,34-15+,39-13-,40-35-/t38-,41-,42-,43+,44+,45-,46-,47+/m0/s1. The van der Waals surface area contributed by atoms with Crippen LogP contribution in [0.5, 0.6) is 0 Å². The SMILES string of the molecule is C=C(/C=C/C=C(/CO)[C@@H]1CC[C@]2([C@@H]1O)[C@@H](CCCO)/C(=C(/C)C=O)CC[C@]2(O)CCNC)[C@H]1C/C=C(\C)[C@@H](O)N[C@@](CCNC)(CCOC)Cc2cccc(c2)C1. The molecule has 2 fully saturated rings. The van der Waals surface area contributed by atoms with E-state index in [1.165, 1.54) is 11.1 Å². The normalized spacial score (nSPS) is 33.1. The first-order chi connectivity index (χ1) is 27.4. The largest absolute Gasteiger partial charge is 0.396 e. The minimum absolute atomic E-state index is 0.0171. The van der Waals surface area contributed by atoms with E-state index in [4.69, 9.17) is 4.74 Å². The predicted octanol–water partition coefficient (Wildman–Crippen LogP) is 4.86. The van der Waals surface area contributed by atoms with E-state index in [1.54, 1.807) is 7.11 Å². The number of carbonyl (C=O) groups excluding carboxylic acids is 1. The summed E-state index contributed by atoms with van der Waals surface area (Å²) >= 11 is 0. The van der Waals surface area contributed by atoms with Gasteiger partial charge in [0, 0.05) is 37.2 Å². The van der Waals surface area contributed by atoms with Crippen molar-refractivity contribution in [2.75, 3.05) is 54.1 Å². The number of aliphatic hydroxyl groups excluding tert-OH is 4. The molecule has 4 rings (SSSR count). The molecule has 0 radical (unpaired) electrons. The van der Waals surface area contributed by atoms with Crippen molar-refractivity contribution in [3.8, 4) is 0 Å². The highest BCUT2D eigenvalue weighted by Gasteiger charge is 2.65. The van der Waals surface area contributed by atoms with E-state index in [9.17, 15) is 30.3 Å². The monoisotopic (exact) mass is 792 g/mol. The summed E-state index contributed by atoms with van der Waals surface area (Å²) in [6.07, 6.45) is 14.4. The van der Waals surface area contributed by atoms with Gasteiger partial charge in [0.05, 0.1) is 18.3 Å². The Morgan fingerprint density at radius 2 is 1.82 bits per heavy atom. The average molecular weight is 792 g/mol. The van der Waals surface area contributed by atoms with Crippen LogP contribution in [-0.4, -0.2) is 109 Å². The molecular weight excluding hydrogens is 719 g/mol. The zero-order chi connectivity index (χ0) is 41.6. The number of nitrogens with one attached hydrogen (secondary N) is 3. The van der Waals surface area contributed by atoms with E-state index in [0.717, 1.165) is 55.2 Å².